The Balaban J connectivity index is 1.59. The molecule has 33 heavy (non-hydrogen) atoms. The van der Waals surface area contributed by atoms with Gasteiger partial charge in [0.2, 0.25) is 5.91 Å². The number of hydrogen-bond acceptors (Lipinski definition) is 6. The van der Waals surface area contributed by atoms with E-state index >= 15 is 0 Å². The van der Waals surface area contributed by atoms with Crippen LogP contribution in [0.5, 0.6) is 0 Å². The van der Waals surface area contributed by atoms with Gasteiger partial charge in [0.15, 0.2) is 5.13 Å². The highest BCUT2D eigenvalue weighted by Gasteiger charge is 2.31. The Morgan fingerprint density at radius 3 is 2.42 bits per heavy atom. The van der Waals surface area contributed by atoms with Gasteiger partial charge in [-0.3, -0.25) is 19.4 Å². The third-order valence-corrected chi connectivity index (χ3v) is 5.83. The standard InChI is InChI=1S/C24H27N5O3S/c1-16(2)20(29(3)23(32)18-10-12-25-13-11-18)22(31)28-24-27-19(15-33-24)21(30)26-14-9-17-7-5-4-6-8-17/h4-8,10-13,15-16,20H,9,14H2,1-3H3,(H,26,30)(H,27,28,31)/t20-/m0/s1. The molecule has 2 heterocycles. The van der Waals surface area contributed by atoms with E-state index in [9.17, 15) is 14.4 Å². The summed E-state index contributed by atoms with van der Waals surface area (Å²) in [7, 11) is 1.60. The van der Waals surface area contributed by atoms with E-state index in [4.69, 9.17) is 0 Å². The molecule has 1 aromatic carbocycles. The third kappa shape index (κ3) is 6.45. The van der Waals surface area contributed by atoms with Gasteiger partial charge in [0.25, 0.3) is 11.8 Å². The monoisotopic (exact) mass is 465 g/mol. The lowest BCUT2D eigenvalue weighted by Crippen LogP contribution is -2.48. The molecule has 0 aliphatic heterocycles. The zero-order valence-electron chi connectivity index (χ0n) is 18.8. The van der Waals surface area contributed by atoms with Crippen molar-refractivity contribution < 1.29 is 14.4 Å². The molecule has 9 heteroatoms. The highest BCUT2D eigenvalue weighted by atomic mass is 32.1. The number of nitrogens with zero attached hydrogens (tertiary/aromatic N) is 3. The molecule has 3 rings (SSSR count). The zero-order chi connectivity index (χ0) is 23.8. The predicted molar refractivity (Wildman–Crippen MR) is 128 cm³/mol. The van der Waals surface area contributed by atoms with Crippen molar-refractivity contribution in [1.82, 2.24) is 20.2 Å². The number of thiazole rings is 1. The minimum Gasteiger partial charge on any atom is -0.350 e. The summed E-state index contributed by atoms with van der Waals surface area (Å²) in [6.45, 7) is 4.22. The maximum absolute atomic E-state index is 13.0. The lowest BCUT2D eigenvalue weighted by molar-refractivity contribution is -0.121. The molecule has 2 aromatic heterocycles. The summed E-state index contributed by atoms with van der Waals surface area (Å²) < 4.78 is 0. The Morgan fingerprint density at radius 2 is 1.76 bits per heavy atom. The lowest BCUT2D eigenvalue weighted by atomic mass is 10.0. The quantitative estimate of drug-likeness (QED) is 0.505. The largest absolute Gasteiger partial charge is 0.350 e. The van der Waals surface area contributed by atoms with E-state index in [1.165, 1.54) is 28.6 Å². The van der Waals surface area contributed by atoms with Crippen molar-refractivity contribution in [2.45, 2.75) is 26.3 Å². The molecule has 3 aromatic rings. The van der Waals surface area contributed by atoms with Crippen LogP contribution in [0, 0.1) is 5.92 Å². The number of nitrogens with one attached hydrogen (secondary N) is 2. The SMILES string of the molecule is CC(C)[C@@H](C(=O)Nc1nc(C(=O)NCCc2ccccc2)cs1)N(C)C(=O)c1ccncc1. The predicted octanol–water partition coefficient (Wildman–Crippen LogP) is 3.25. The first-order chi connectivity index (χ1) is 15.9. The van der Waals surface area contributed by atoms with Crippen molar-refractivity contribution in [3.63, 3.8) is 0 Å². The number of amides is 3. The minimum absolute atomic E-state index is 0.137. The van der Waals surface area contributed by atoms with Crippen LogP contribution in [-0.2, 0) is 11.2 Å². The van der Waals surface area contributed by atoms with Gasteiger partial charge in [0.1, 0.15) is 11.7 Å². The fraction of sp³-hybridized carbons (Fsp3) is 0.292. The first-order valence-electron chi connectivity index (χ1n) is 10.6. The smallest absolute Gasteiger partial charge is 0.270 e. The van der Waals surface area contributed by atoms with Crippen LogP contribution < -0.4 is 10.6 Å². The van der Waals surface area contributed by atoms with E-state index in [0.29, 0.717) is 23.7 Å². The van der Waals surface area contributed by atoms with Crippen LogP contribution in [0.3, 0.4) is 0 Å². The number of hydrogen-bond donors (Lipinski definition) is 2. The highest BCUT2D eigenvalue weighted by molar-refractivity contribution is 7.14. The molecule has 8 nitrogen and oxygen atoms in total. The van der Waals surface area contributed by atoms with Gasteiger partial charge >= 0.3 is 0 Å². The van der Waals surface area contributed by atoms with Crippen molar-refractivity contribution in [1.29, 1.82) is 0 Å². The number of likely N-dealkylation sites (N-methyl/N-ethyl adjacent to an activating group) is 1. The molecule has 0 spiro atoms. The summed E-state index contributed by atoms with van der Waals surface area (Å²) in [5, 5.41) is 7.50. The number of carbonyl (C=O) groups is 3. The normalized spacial score (nSPS) is 11.6. The number of carbonyl (C=O) groups excluding carboxylic acids is 3. The molecule has 0 aliphatic carbocycles. The maximum atomic E-state index is 13.0. The van der Waals surface area contributed by atoms with E-state index in [1.54, 1.807) is 24.6 Å². The van der Waals surface area contributed by atoms with Crippen molar-refractivity contribution in [3.05, 3.63) is 77.1 Å². The van der Waals surface area contributed by atoms with Gasteiger partial charge in [-0.15, -0.1) is 11.3 Å². The van der Waals surface area contributed by atoms with Crippen molar-refractivity contribution in [2.24, 2.45) is 5.92 Å². The zero-order valence-corrected chi connectivity index (χ0v) is 19.6. The fourth-order valence-electron chi connectivity index (χ4n) is 3.42. The first kappa shape index (κ1) is 24.1. The molecule has 0 saturated heterocycles. The summed E-state index contributed by atoms with van der Waals surface area (Å²) >= 11 is 1.17. The molecule has 0 bridgehead atoms. The van der Waals surface area contributed by atoms with Gasteiger partial charge in [-0.2, -0.15) is 0 Å². The van der Waals surface area contributed by atoms with Gasteiger partial charge in [-0.25, -0.2) is 4.98 Å². The van der Waals surface area contributed by atoms with Crippen LogP contribution in [0.2, 0.25) is 0 Å². The second-order valence-electron chi connectivity index (χ2n) is 7.86. The maximum Gasteiger partial charge on any atom is 0.270 e. The Kier molecular flexibility index (Phi) is 8.26. The molecule has 1 atom stereocenters. The van der Waals surface area contributed by atoms with Gasteiger partial charge in [-0.1, -0.05) is 44.2 Å². The molecule has 172 valence electrons. The van der Waals surface area contributed by atoms with E-state index in [1.807, 2.05) is 44.2 Å². The average Bonchev–Trinajstić information content (AvgIpc) is 3.28. The Labute approximate surface area is 197 Å². The summed E-state index contributed by atoms with van der Waals surface area (Å²) in [6.07, 6.45) is 3.79. The van der Waals surface area contributed by atoms with Crippen LogP contribution in [0.25, 0.3) is 0 Å². The van der Waals surface area contributed by atoms with Crippen molar-refractivity contribution in [3.8, 4) is 0 Å². The molecule has 0 aliphatic rings. The molecule has 0 radical (unpaired) electrons. The van der Waals surface area contributed by atoms with Gasteiger partial charge in [0, 0.05) is 36.9 Å². The van der Waals surface area contributed by atoms with E-state index < -0.39 is 6.04 Å². The molecule has 0 unspecified atom stereocenters. The number of aromatic nitrogens is 2. The van der Waals surface area contributed by atoms with Crippen LogP contribution in [0.15, 0.2) is 60.2 Å². The lowest BCUT2D eigenvalue weighted by Gasteiger charge is -2.29. The molecule has 2 N–H and O–H groups in total. The van der Waals surface area contributed by atoms with E-state index in [2.05, 4.69) is 20.6 Å². The van der Waals surface area contributed by atoms with Crippen LogP contribution in [-0.4, -0.2) is 52.2 Å². The fourth-order valence-corrected chi connectivity index (χ4v) is 4.11. The number of benzene rings is 1. The van der Waals surface area contributed by atoms with Gasteiger partial charge in [0.05, 0.1) is 0 Å². The molecule has 3 amide bonds. The Bertz CT molecular complexity index is 1090. The average molecular weight is 466 g/mol. The second-order valence-corrected chi connectivity index (χ2v) is 8.72. The molecular formula is C24H27N5O3S. The molecule has 0 saturated carbocycles. The van der Waals surface area contributed by atoms with E-state index in [0.717, 1.165) is 5.56 Å². The van der Waals surface area contributed by atoms with Gasteiger partial charge in [-0.05, 0) is 30.0 Å². The highest BCUT2D eigenvalue weighted by Crippen LogP contribution is 2.19. The molecule has 0 fully saturated rings. The number of anilines is 1. The van der Waals surface area contributed by atoms with Crippen LogP contribution in [0.4, 0.5) is 5.13 Å². The first-order valence-corrected chi connectivity index (χ1v) is 11.5. The van der Waals surface area contributed by atoms with Gasteiger partial charge < -0.3 is 15.5 Å². The van der Waals surface area contributed by atoms with E-state index in [-0.39, 0.29) is 29.3 Å². The Morgan fingerprint density at radius 1 is 1.06 bits per heavy atom. The minimum atomic E-state index is -0.710. The molecular weight excluding hydrogens is 438 g/mol. The third-order valence-electron chi connectivity index (χ3n) is 5.07. The summed E-state index contributed by atoms with van der Waals surface area (Å²) in [6, 6.07) is 12.4. The van der Waals surface area contributed by atoms with Crippen LogP contribution >= 0.6 is 11.3 Å². The van der Waals surface area contributed by atoms with Crippen molar-refractivity contribution >= 4 is 34.2 Å². The topological polar surface area (TPSA) is 104 Å². The Hall–Kier alpha value is -3.59. The number of rotatable bonds is 9. The van der Waals surface area contributed by atoms with Crippen molar-refractivity contribution in [2.75, 3.05) is 18.9 Å². The summed E-state index contributed by atoms with van der Waals surface area (Å²) in [5.74, 6) is -1.07. The summed E-state index contributed by atoms with van der Waals surface area (Å²) in [5.41, 5.74) is 1.83. The summed E-state index contributed by atoms with van der Waals surface area (Å²) in [4.78, 5) is 47.8. The van der Waals surface area contributed by atoms with Crippen LogP contribution in [0.1, 0.15) is 40.3 Å². The second kappa shape index (κ2) is 11.3. The number of pyridine rings is 1.